The number of ether oxygens (including phenoxy) is 1. The normalized spacial score (nSPS) is 13.9. The smallest absolute Gasteiger partial charge is 0.416 e. The quantitative estimate of drug-likeness (QED) is 0.625. The molecule has 0 N–H and O–H groups in total. The van der Waals surface area contributed by atoms with Crippen molar-refractivity contribution in [3.8, 4) is 16.9 Å². The minimum absolute atomic E-state index is 0.0939. The van der Waals surface area contributed by atoms with Crippen molar-refractivity contribution in [2.75, 3.05) is 13.2 Å². The van der Waals surface area contributed by atoms with Gasteiger partial charge in [-0.05, 0) is 47.0 Å². The van der Waals surface area contributed by atoms with Gasteiger partial charge < -0.3 is 9.64 Å². The molecule has 7 heteroatoms. The highest BCUT2D eigenvalue weighted by molar-refractivity contribution is 5.79. The molecule has 4 nitrogen and oxygen atoms in total. The Morgan fingerprint density at radius 2 is 1.83 bits per heavy atom. The predicted molar refractivity (Wildman–Crippen MR) is 106 cm³/mol. The predicted octanol–water partition coefficient (Wildman–Crippen LogP) is 4.73. The highest BCUT2D eigenvalue weighted by Gasteiger charge is 2.30. The van der Waals surface area contributed by atoms with Gasteiger partial charge in [0.15, 0.2) is 0 Å². The summed E-state index contributed by atoms with van der Waals surface area (Å²) in [6.07, 6.45) is -1.11. The Morgan fingerprint density at radius 1 is 1.03 bits per heavy atom. The summed E-state index contributed by atoms with van der Waals surface area (Å²) in [5, 5.41) is 0. The van der Waals surface area contributed by atoms with Crippen LogP contribution in [0.4, 0.5) is 13.2 Å². The molecule has 0 aliphatic carbocycles. The fraction of sp³-hybridized carbons (Fsp3) is 0.217. The lowest BCUT2D eigenvalue weighted by Crippen LogP contribution is -2.33. The zero-order chi connectivity index (χ0) is 21.1. The van der Waals surface area contributed by atoms with Crippen molar-refractivity contribution < 1.29 is 22.7 Å². The number of fused-ring (bicyclic) bond motifs is 1. The molecular formula is C23H19F3N2O2. The monoisotopic (exact) mass is 412 g/mol. The Kier molecular flexibility index (Phi) is 5.44. The third-order valence-corrected chi connectivity index (χ3v) is 5.02. The maximum atomic E-state index is 12.9. The van der Waals surface area contributed by atoms with Crippen molar-refractivity contribution in [1.82, 2.24) is 9.88 Å². The maximum Gasteiger partial charge on any atom is 0.416 e. The zero-order valence-corrected chi connectivity index (χ0v) is 16.0. The minimum atomic E-state index is -4.43. The number of aromatic nitrogens is 1. The van der Waals surface area contributed by atoms with Crippen LogP contribution in [0.15, 0.2) is 67.0 Å². The first-order chi connectivity index (χ1) is 14.4. The number of pyridine rings is 1. The minimum Gasteiger partial charge on any atom is -0.491 e. The van der Waals surface area contributed by atoms with Crippen LogP contribution in [-0.2, 0) is 23.9 Å². The van der Waals surface area contributed by atoms with Gasteiger partial charge in [0.05, 0.1) is 18.5 Å². The molecule has 1 aromatic heterocycles. The summed E-state index contributed by atoms with van der Waals surface area (Å²) < 4.78 is 44.6. The van der Waals surface area contributed by atoms with Crippen LogP contribution in [0, 0.1) is 0 Å². The van der Waals surface area contributed by atoms with Crippen LogP contribution in [-0.4, -0.2) is 28.9 Å². The van der Waals surface area contributed by atoms with Gasteiger partial charge in [0.1, 0.15) is 12.4 Å². The Labute approximate surface area is 171 Å². The van der Waals surface area contributed by atoms with E-state index in [0.717, 1.165) is 28.8 Å². The SMILES string of the molecule is O=C(Cc1cccc(C(F)(F)F)c1)N1CCOc2ccc(-c3ccncc3)cc2C1. The number of hydrogen-bond donors (Lipinski definition) is 0. The first-order valence-electron chi connectivity index (χ1n) is 9.50. The number of benzene rings is 2. The third kappa shape index (κ3) is 4.45. The number of halogens is 3. The molecular weight excluding hydrogens is 393 g/mol. The van der Waals surface area contributed by atoms with Gasteiger partial charge in [-0.2, -0.15) is 13.2 Å². The fourth-order valence-corrected chi connectivity index (χ4v) is 3.48. The number of alkyl halides is 3. The van der Waals surface area contributed by atoms with Crippen LogP contribution in [0.25, 0.3) is 11.1 Å². The summed E-state index contributed by atoms with van der Waals surface area (Å²) >= 11 is 0. The number of carbonyl (C=O) groups is 1. The van der Waals surface area contributed by atoms with Gasteiger partial charge in [0, 0.05) is 24.5 Å². The van der Waals surface area contributed by atoms with Crippen molar-refractivity contribution in [2.45, 2.75) is 19.1 Å². The summed E-state index contributed by atoms with van der Waals surface area (Å²) in [7, 11) is 0. The Balaban J connectivity index is 1.53. The summed E-state index contributed by atoms with van der Waals surface area (Å²) in [4.78, 5) is 18.5. The van der Waals surface area contributed by atoms with Crippen molar-refractivity contribution in [3.05, 3.63) is 83.7 Å². The largest absolute Gasteiger partial charge is 0.491 e. The summed E-state index contributed by atoms with van der Waals surface area (Å²) in [5.41, 5.74) is 2.43. The average Bonchev–Trinajstić information content (AvgIpc) is 2.96. The first-order valence-corrected chi connectivity index (χ1v) is 9.50. The summed E-state index contributed by atoms with van der Waals surface area (Å²) in [6.45, 7) is 1.04. The van der Waals surface area contributed by atoms with E-state index in [1.54, 1.807) is 17.3 Å². The van der Waals surface area contributed by atoms with E-state index in [1.807, 2.05) is 30.3 Å². The zero-order valence-electron chi connectivity index (χ0n) is 16.0. The van der Waals surface area contributed by atoms with Crippen LogP contribution in [0.2, 0.25) is 0 Å². The Morgan fingerprint density at radius 3 is 2.60 bits per heavy atom. The van der Waals surface area contributed by atoms with Crippen molar-refractivity contribution in [1.29, 1.82) is 0 Å². The molecule has 2 heterocycles. The van der Waals surface area contributed by atoms with Crippen molar-refractivity contribution >= 4 is 5.91 Å². The molecule has 4 rings (SSSR count). The van der Waals surface area contributed by atoms with E-state index < -0.39 is 11.7 Å². The maximum absolute atomic E-state index is 12.9. The summed E-state index contributed by atoms with van der Waals surface area (Å²) in [6, 6.07) is 14.5. The van der Waals surface area contributed by atoms with Gasteiger partial charge in [0.25, 0.3) is 0 Å². The Bertz CT molecular complexity index is 1050. The van der Waals surface area contributed by atoms with Gasteiger partial charge in [-0.1, -0.05) is 24.3 Å². The van der Waals surface area contributed by atoms with Crippen LogP contribution in [0.3, 0.4) is 0 Å². The van der Waals surface area contributed by atoms with Crippen LogP contribution in [0.1, 0.15) is 16.7 Å². The van der Waals surface area contributed by atoms with Crippen molar-refractivity contribution in [2.24, 2.45) is 0 Å². The molecule has 0 bridgehead atoms. The van der Waals surface area contributed by atoms with Gasteiger partial charge in [0.2, 0.25) is 5.91 Å². The van der Waals surface area contributed by atoms with Gasteiger partial charge in [-0.3, -0.25) is 9.78 Å². The number of carbonyl (C=O) groups excluding carboxylic acids is 1. The molecule has 154 valence electrons. The van der Waals surface area contributed by atoms with E-state index >= 15 is 0 Å². The molecule has 2 aromatic carbocycles. The van der Waals surface area contributed by atoms with E-state index in [1.165, 1.54) is 12.1 Å². The topological polar surface area (TPSA) is 42.4 Å². The third-order valence-electron chi connectivity index (χ3n) is 5.02. The molecule has 1 aliphatic rings. The standard InChI is InChI=1S/C23H19F3N2O2/c24-23(25,26)20-3-1-2-16(12-20)13-22(29)28-10-11-30-21-5-4-18(14-19(21)15-28)17-6-8-27-9-7-17/h1-9,12,14H,10-11,13,15H2. The lowest BCUT2D eigenvalue weighted by atomic mass is 10.0. The molecule has 1 aliphatic heterocycles. The fourth-order valence-electron chi connectivity index (χ4n) is 3.48. The molecule has 0 saturated carbocycles. The number of hydrogen-bond acceptors (Lipinski definition) is 3. The first kappa shape index (κ1) is 19.9. The van der Waals surface area contributed by atoms with E-state index in [4.69, 9.17) is 4.74 Å². The molecule has 0 radical (unpaired) electrons. The van der Waals surface area contributed by atoms with Gasteiger partial charge >= 0.3 is 6.18 Å². The van der Waals surface area contributed by atoms with E-state index in [-0.39, 0.29) is 12.3 Å². The van der Waals surface area contributed by atoms with Crippen LogP contribution >= 0.6 is 0 Å². The van der Waals surface area contributed by atoms with E-state index in [2.05, 4.69) is 4.98 Å². The molecule has 3 aromatic rings. The second kappa shape index (κ2) is 8.18. The average molecular weight is 412 g/mol. The number of rotatable bonds is 3. The van der Waals surface area contributed by atoms with Crippen LogP contribution < -0.4 is 4.74 Å². The van der Waals surface area contributed by atoms with Crippen molar-refractivity contribution in [3.63, 3.8) is 0 Å². The molecule has 1 amide bonds. The molecule has 30 heavy (non-hydrogen) atoms. The van der Waals surface area contributed by atoms with E-state index in [9.17, 15) is 18.0 Å². The lowest BCUT2D eigenvalue weighted by Gasteiger charge is -2.20. The van der Waals surface area contributed by atoms with Gasteiger partial charge in [-0.25, -0.2) is 0 Å². The second-order valence-electron chi connectivity index (χ2n) is 7.10. The Hall–Kier alpha value is -3.35. The van der Waals surface area contributed by atoms with Gasteiger partial charge in [-0.15, -0.1) is 0 Å². The molecule has 0 fully saturated rings. The highest BCUT2D eigenvalue weighted by atomic mass is 19.4. The second-order valence-corrected chi connectivity index (χ2v) is 7.10. The summed E-state index contributed by atoms with van der Waals surface area (Å²) in [5.74, 6) is 0.474. The molecule has 0 spiro atoms. The lowest BCUT2D eigenvalue weighted by molar-refractivity contribution is -0.138. The molecule has 0 atom stereocenters. The molecule has 0 unspecified atom stereocenters. The highest BCUT2D eigenvalue weighted by Crippen LogP contribution is 2.31. The number of amides is 1. The van der Waals surface area contributed by atoms with E-state index in [0.29, 0.717) is 31.0 Å². The van der Waals surface area contributed by atoms with Crippen LogP contribution in [0.5, 0.6) is 5.75 Å². The molecule has 0 saturated heterocycles. The number of nitrogens with zero attached hydrogens (tertiary/aromatic N) is 2.